The Hall–Kier alpha value is -0.790. The molecule has 1 heterocycles. The molecule has 1 fully saturated rings. The number of benzene rings is 1. The molecule has 0 unspecified atom stereocenters. The maximum absolute atomic E-state index is 12.6. The maximum Gasteiger partial charge on any atom is 0.511 e. The Labute approximate surface area is 178 Å². The number of hydrogen-bond donors (Lipinski definition) is 2. The standard InChI is InChI=1S/C15H20ClF3N4O2S.HI/c1-20-14(21-10-11-4-2-3-5-13(11)16)22-12-6-8-23(9-7-12)26(24,25)15(17,18)19;/h2-5,12H,6-10H2,1H3,(H2,20,21,22);1H. The van der Waals surface area contributed by atoms with Crippen LogP contribution in [0.25, 0.3) is 0 Å². The van der Waals surface area contributed by atoms with Crippen molar-refractivity contribution in [3.8, 4) is 0 Å². The number of halogens is 5. The third-order valence-corrected chi connectivity index (χ3v) is 6.05. The van der Waals surface area contributed by atoms with Crippen LogP contribution in [0.1, 0.15) is 18.4 Å². The monoisotopic (exact) mass is 540 g/mol. The largest absolute Gasteiger partial charge is 0.511 e. The van der Waals surface area contributed by atoms with Crippen molar-refractivity contribution in [3.05, 3.63) is 34.9 Å². The molecule has 0 bridgehead atoms. The molecule has 1 aromatic carbocycles. The first-order valence-corrected chi connectivity index (χ1v) is 9.74. The van der Waals surface area contributed by atoms with Gasteiger partial charge in [0.15, 0.2) is 5.96 Å². The van der Waals surface area contributed by atoms with Crippen LogP contribution >= 0.6 is 35.6 Å². The second kappa shape index (κ2) is 10.1. The Morgan fingerprint density at radius 2 is 1.89 bits per heavy atom. The van der Waals surface area contributed by atoms with Gasteiger partial charge < -0.3 is 10.6 Å². The van der Waals surface area contributed by atoms with E-state index in [4.69, 9.17) is 11.6 Å². The van der Waals surface area contributed by atoms with Gasteiger partial charge in [0.25, 0.3) is 0 Å². The zero-order valence-corrected chi connectivity index (χ0v) is 18.4. The highest BCUT2D eigenvalue weighted by Gasteiger charge is 2.50. The minimum absolute atomic E-state index is 0. The van der Waals surface area contributed by atoms with Gasteiger partial charge in [-0.2, -0.15) is 17.5 Å². The molecule has 1 aromatic rings. The lowest BCUT2D eigenvalue weighted by atomic mass is 10.1. The minimum Gasteiger partial charge on any atom is -0.354 e. The number of guanidine groups is 1. The van der Waals surface area contributed by atoms with Crippen LogP contribution in [0.4, 0.5) is 13.2 Å². The fraction of sp³-hybridized carbons (Fsp3) is 0.533. The molecule has 2 N–H and O–H groups in total. The number of hydrogen-bond acceptors (Lipinski definition) is 3. The van der Waals surface area contributed by atoms with Gasteiger partial charge >= 0.3 is 15.5 Å². The molecule has 6 nitrogen and oxygen atoms in total. The number of nitrogens with zero attached hydrogens (tertiary/aromatic N) is 2. The van der Waals surface area contributed by atoms with E-state index in [9.17, 15) is 21.6 Å². The van der Waals surface area contributed by atoms with Crippen LogP contribution in [0.15, 0.2) is 29.3 Å². The molecule has 0 aromatic heterocycles. The molecule has 1 aliphatic heterocycles. The fourth-order valence-corrected chi connectivity index (χ4v) is 3.78. The normalized spacial score (nSPS) is 17.3. The first-order valence-electron chi connectivity index (χ1n) is 7.92. The van der Waals surface area contributed by atoms with Crippen LogP contribution in [0.5, 0.6) is 0 Å². The average Bonchev–Trinajstić information content (AvgIpc) is 2.59. The minimum atomic E-state index is -5.26. The summed E-state index contributed by atoms with van der Waals surface area (Å²) in [6.07, 6.45) is 0.504. The zero-order valence-electron chi connectivity index (χ0n) is 14.5. The number of aliphatic imine (C=N–C) groups is 1. The number of rotatable bonds is 4. The Kier molecular flexibility index (Phi) is 9.09. The van der Waals surface area contributed by atoms with Crippen LogP contribution in [-0.2, 0) is 16.6 Å². The molecule has 0 amide bonds. The first-order chi connectivity index (χ1) is 12.1. The quantitative estimate of drug-likeness (QED) is 0.350. The lowest BCUT2D eigenvalue weighted by Gasteiger charge is -2.32. The van der Waals surface area contributed by atoms with Crippen LogP contribution in [0.2, 0.25) is 5.02 Å². The van der Waals surface area contributed by atoms with Crippen molar-refractivity contribution < 1.29 is 21.6 Å². The van der Waals surface area contributed by atoms with Crippen molar-refractivity contribution >= 4 is 51.6 Å². The summed E-state index contributed by atoms with van der Waals surface area (Å²) in [5, 5.41) is 6.79. The zero-order chi connectivity index (χ0) is 19.4. The molecule has 0 aliphatic carbocycles. The van der Waals surface area contributed by atoms with E-state index < -0.39 is 15.5 Å². The van der Waals surface area contributed by atoms with E-state index in [1.807, 2.05) is 18.2 Å². The predicted octanol–water partition coefficient (Wildman–Crippen LogP) is 2.94. The van der Waals surface area contributed by atoms with Gasteiger partial charge in [0.2, 0.25) is 0 Å². The topological polar surface area (TPSA) is 73.8 Å². The summed E-state index contributed by atoms with van der Waals surface area (Å²) < 4.78 is 61.1. The smallest absolute Gasteiger partial charge is 0.354 e. The fourth-order valence-electron chi connectivity index (χ4n) is 2.60. The molecule has 0 atom stereocenters. The predicted molar refractivity (Wildman–Crippen MR) is 110 cm³/mol. The molecule has 154 valence electrons. The summed E-state index contributed by atoms with van der Waals surface area (Å²) in [5.41, 5.74) is -4.39. The second-order valence-electron chi connectivity index (χ2n) is 5.79. The SMILES string of the molecule is CN=C(NCc1ccccc1Cl)NC1CCN(S(=O)(=O)C(F)(F)F)CC1.I. The number of piperidine rings is 1. The van der Waals surface area contributed by atoms with Gasteiger partial charge in [-0.25, -0.2) is 8.42 Å². The highest BCUT2D eigenvalue weighted by molar-refractivity contribution is 14.0. The third kappa shape index (κ3) is 6.36. The molecular weight excluding hydrogens is 520 g/mol. The van der Waals surface area contributed by atoms with Crippen molar-refractivity contribution in [2.45, 2.75) is 30.9 Å². The number of sulfonamides is 1. The van der Waals surface area contributed by atoms with Gasteiger partial charge in [0.05, 0.1) is 0 Å². The Morgan fingerprint density at radius 1 is 1.30 bits per heavy atom. The molecule has 0 saturated carbocycles. The van der Waals surface area contributed by atoms with Crippen molar-refractivity contribution in [2.75, 3.05) is 20.1 Å². The van der Waals surface area contributed by atoms with E-state index in [0.717, 1.165) is 5.56 Å². The Bertz CT molecular complexity index is 754. The van der Waals surface area contributed by atoms with E-state index in [-0.39, 0.29) is 55.9 Å². The molecule has 1 saturated heterocycles. The van der Waals surface area contributed by atoms with E-state index in [1.54, 1.807) is 13.1 Å². The molecule has 12 heteroatoms. The first kappa shape index (κ1) is 24.2. The third-order valence-electron chi connectivity index (χ3n) is 4.05. The molecular formula is C15H21ClF3IN4O2S. The molecule has 2 rings (SSSR count). The molecule has 27 heavy (non-hydrogen) atoms. The average molecular weight is 541 g/mol. The van der Waals surface area contributed by atoms with Gasteiger partial charge in [-0.15, -0.1) is 24.0 Å². The van der Waals surface area contributed by atoms with E-state index in [1.165, 1.54) is 0 Å². The van der Waals surface area contributed by atoms with Crippen LogP contribution in [0, 0.1) is 0 Å². The van der Waals surface area contributed by atoms with Gasteiger partial charge in [0, 0.05) is 37.7 Å². The Morgan fingerprint density at radius 3 is 2.41 bits per heavy atom. The highest BCUT2D eigenvalue weighted by Crippen LogP contribution is 2.28. The highest BCUT2D eigenvalue weighted by atomic mass is 127. The number of alkyl halides is 3. The number of nitrogens with one attached hydrogen (secondary N) is 2. The van der Waals surface area contributed by atoms with Crippen molar-refractivity contribution in [3.63, 3.8) is 0 Å². The second-order valence-corrected chi connectivity index (χ2v) is 8.12. The van der Waals surface area contributed by atoms with E-state index >= 15 is 0 Å². The van der Waals surface area contributed by atoms with Crippen LogP contribution in [0.3, 0.4) is 0 Å². The molecule has 1 aliphatic rings. The lowest BCUT2D eigenvalue weighted by Crippen LogP contribution is -2.51. The summed E-state index contributed by atoms with van der Waals surface area (Å²) in [7, 11) is -3.69. The van der Waals surface area contributed by atoms with Gasteiger partial charge in [-0.05, 0) is 24.5 Å². The van der Waals surface area contributed by atoms with Crippen molar-refractivity contribution in [1.82, 2.24) is 14.9 Å². The maximum atomic E-state index is 12.6. The van der Waals surface area contributed by atoms with Crippen LogP contribution in [-0.4, -0.2) is 50.4 Å². The van der Waals surface area contributed by atoms with E-state index in [2.05, 4.69) is 15.6 Å². The van der Waals surface area contributed by atoms with Crippen molar-refractivity contribution in [1.29, 1.82) is 0 Å². The molecule has 0 spiro atoms. The van der Waals surface area contributed by atoms with Gasteiger partial charge in [-0.3, -0.25) is 4.99 Å². The summed E-state index contributed by atoms with van der Waals surface area (Å²) >= 11 is 6.08. The van der Waals surface area contributed by atoms with Crippen LogP contribution < -0.4 is 10.6 Å². The molecule has 0 radical (unpaired) electrons. The Balaban J connectivity index is 0.00000364. The van der Waals surface area contributed by atoms with E-state index in [0.29, 0.717) is 21.8 Å². The summed E-state index contributed by atoms with van der Waals surface area (Å²) in [5.74, 6) is 0.474. The lowest BCUT2D eigenvalue weighted by molar-refractivity contribution is -0.0494. The van der Waals surface area contributed by atoms with Gasteiger partial charge in [-0.1, -0.05) is 29.8 Å². The summed E-state index contributed by atoms with van der Waals surface area (Å²) in [6.45, 7) is 0.0443. The van der Waals surface area contributed by atoms with Gasteiger partial charge in [0.1, 0.15) is 0 Å². The summed E-state index contributed by atoms with van der Waals surface area (Å²) in [4.78, 5) is 4.07. The van der Waals surface area contributed by atoms with Crippen molar-refractivity contribution in [2.24, 2.45) is 4.99 Å². The summed E-state index contributed by atoms with van der Waals surface area (Å²) in [6, 6.07) is 7.14.